The van der Waals surface area contributed by atoms with Gasteiger partial charge in [0.05, 0.1) is 22.4 Å². The number of hydrogen-bond acceptors (Lipinski definition) is 6. The van der Waals surface area contributed by atoms with Crippen molar-refractivity contribution < 1.29 is 9.53 Å². The highest BCUT2D eigenvalue weighted by Gasteiger charge is 2.34. The highest BCUT2D eigenvalue weighted by molar-refractivity contribution is 7.10. The number of halogens is 1. The summed E-state index contributed by atoms with van der Waals surface area (Å²) < 4.78 is 7.66. The van der Waals surface area contributed by atoms with Crippen molar-refractivity contribution in [2.45, 2.75) is 26.8 Å². The molecule has 0 unspecified atom stereocenters. The normalized spacial score (nSPS) is 16.4. The zero-order valence-electron chi connectivity index (χ0n) is 17.3. The van der Waals surface area contributed by atoms with Crippen molar-refractivity contribution in [3.8, 4) is 0 Å². The first-order valence-electron chi connectivity index (χ1n) is 9.84. The van der Waals surface area contributed by atoms with E-state index in [1.807, 2.05) is 43.5 Å². The van der Waals surface area contributed by atoms with E-state index in [0.717, 1.165) is 10.4 Å². The van der Waals surface area contributed by atoms with E-state index in [0.29, 0.717) is 32.2 Å². The van der Waals surface area contributed by atoms with Gasteiger partial charge < -0.3 is 4.74 Å². The van der Waals surface area contributed by atoms with E-state index >= 15 is 0 Å². The second kappa shape index (κ2) is 8.94. The molecule has 1 aliphatic rings. The number of rotatable bonds is 5. The molecule has 0 radical (unpaired) electrons. The lowest BCUT2D eigenvalue weighted by Gasteiger charge is -2.23. The molecule has 0 aliphatic carbocycles. The Kier molecular flexibility index (Phi) is 6.27. The molecule has 3 heterocycles. The summed E-state index contributed by atoms with van der Waals surface area (Å²) >= 11 is 8.89. The van der Waals surface area contributed by atoms with Gasteiger partial charge in [-0.05, 0) is 48.1 Å². The van der Waals surface area contributed by atoms with Crippen molar-refractivity contribution in [3.05, 3.63) is 88.2 Å². The number of allylic oxidation sites excluding steroid dienone is 1. The van der Waals surface area contributed by atoms with Gasteiger partial charge in [-0.3, -0.25) is 9.36 Å². The van der Waals surface area contributed by atoms with Crippen LogP contribution in [0.25, 0.3) is 6.08 Å². The molecule has 0 spiro atoms. The summed E-state index contributed by atoms with van der Waals surface area (Å²) in [5, 5.41) is 2.54. The lowest BCUT2D eigenvalue weighted by Crippen LogP contribution is -2.39. The predicted octanol–water partition coefficient (Wildman–Crippen LogP) is 4.15. The van der Waals surface area contributed by atoms with Crippen LogP contribution in [0.3, 0.4) is 0 Å². The number of thiazole rings is 1. The number of carbonyl (C=O) groups is 1. The standard InChI is InChI=1S/C23H21ClN2O3S2/c1-13(2)12-29-22(28)19-14(3)25-23-26(20(19)17-8-5-9-30-17)21(27)18(31-23)11-15-6-4-7-16(24)10-15/h4-11,13,20H,12H2,1-3H3/b18-11+/t20-/m0/s1. The summed E-state index contributed by atoms with van der Waals surface area (Å²) in [5.74, 6) is -0.221. The number of fused-ring (bicyclic) bond motifs is 1. The van der Waals surface area contributed by atoms with Gasteiger partial charge >= 0.3 is 5.97 Å². The Hall–Kier alpha value is -2.48. The number of ether oxygens (including phenoxy) is 1. The zero-order valence-corrected chi connectivity index (χ0v) is 19.7. The lowest BCUT2D eigenvalue weighted by atomic mass is 10.0. The minimum absolute atomic E-state index is 0.191. The fourth-order valence-electron chi connectivity index (χ4n) is 3.37. The fourth-order valence-corrected chi connectivity index (χ4v) is 5.44. The van der Waals surface area contributed by atoms with Gasteiger partial charge in [-0.1, -0.05) is 55.0 Å². The van der Waals surface area contributed by atoms with Gasteiger partial charge in [0.1, 0.15) is 6.04 Å². The predicted molar refractivity (Wildman–Crippen MR) is 125 cm³/mol. The van der Waals surface area contributed by atoms with Gasteiger partial charge in [0.2, 0.25) is 0 Å². The van der Waals surface area contributed by atoms with E-state index in [4.69, 9.17) is 16.3 Å². The molecule has 1 aliphatic heterocycles. The summed E-state index contributed by atoms with van der Waals surface area (Å²) in [6.45, 7) is 6.07. The molecule has 160 valence electrons. The van der Waals surface area contributed by atoms with Gasteiger partial charge in [-0.2, -0.15) is 0 Å². The smallest absolute Gasteiger partial charge is 0.338 e. The molecule has 8 heteroatoms. The second-order valence-corrected chi connectivity index (χ2v) is 10.1. The van der Waals surface area contributed by atoms with Gasteiger partial charge in [0.25, 0.3) is 5.56 Å². The third-order valence-electron chi connectivity index (χ3n) is 4.75. The number of hydrogen-bond donors (Lipinski definition) is 0. The number of esters is 1. The Morgan fingerprint density at radius 3 is 2.81 bits per heavy atom. The van der Waals surface area contributed by atoms with Crippen molar-refractivity contribution in [2.24, 2.45) is 10.9 Å². The van der Waals surface area contributed by atoms with Crippen LogP contribution in [-0.4, -0.2) is 17.1 Å². The molecule has 3 aromatic rings. The maximum atomic E-state index is 13.4. The number of carbonyl (C=O) groups excluding carboxylic acids is 1. The average molecular weight is 473 g/mol. The molecule has 0 fully saturated rings. The number of nitrogens with zero attached hydrogens (tertiary/aromatic N) is 2. The van der Waals surface area contributed by atoms with Crippen LogP contribution < -0.4 is 14.9 Å². The highest BCUT2D eigenvalue weighted by Crippen LogP contribution is 2.33. The van der Waals surface area contributed by atoms with Crippen molar-refractivity contribution in [3.63, 3.8) is 0 Å². The van der Waals surface area contributed by atoms with Crippen LogP contribution in [0.4, 0.5) is 0 Å². The molecule has 1 atom stereocenters. The first-order chi connectivity index (χ1) is 14.8. The summed E-state index contributed by atoms with van der Waals surface area (Å²) in [6, 6.07) is 10.6. The highest BCUT2D eigenvalue weighted by atomic mass is 35.5. The van der Waals surface area contributed by atoms with Gasteiger partial charge in [-0.25, -0.2) is 9.79 Å². The number of benzene rings is 1. The Morgan fingerprint density at radius 2 is 2.13 bits per heavy atom. The summed E-state index contributed by atoms with van der Waals surface area (Å²) in [6.07, 6.45) is 1.80. The van der Waals surface area contributed by atoms with Crippen LogP contribution in [0, 0.1) is 5.92 Å². The minimum Gasteiger partial charge on any atom is -0.462 e. The largest absolute Gasteiger partial charge is 0.462 e. The van der Waals surface area contributed by atoms with E-state index in [2.05, 4.69) is 4.99 Å². The molecular weight excluding hydrogens is 452 g/mol. The monoisotopic (exact) mass is 472 g/mol. The number of aromatic nitrogens is 1. The zero-order chi connectivity index (χ0) is 22.1. The molecule has 5 nitrogen and oxygen atoms in total. The molecular formula is C23H21ClN2O3S2. The Labute approximate surface area is 192 Å². The molecule has 31 heavy (non-hydrogen) atoms. The third kappa shape index (κ3) is 4.44. The topological polar surface area (TPSA) is 60.7 Å². The van der Waals surface area contributed by atoms with Crippen molar-refractivity contribution in [1.29, 1.82) is 0 Å². The molecule has 2 aromatic heterocycles. The quantitative estimate of drug-likeness (QED) is 0.524. The maximum absolute atomic E-state index is 13.4. The summed E-state index contributed by atoms with van der Waals surface area (Å²) in [7, 11) is 0. The summed E-state index contributed by atoms with van der Waals surface area (Å²) in [5.41, 5.74) is 1.62. The Balaban J connectivity index is 1.88. The van der Waals surface area contributed by atoms with E-state index < -0.39 is 12.0 Å². The van der Waals surface area contributed by atoms with E-state index in [1.54, 1.807) is 29.7 Å². The van der Waals surface area contributed by atoms with E-state index in [-0.39, 0.29) is 11.5 Å². The number of thiophene rings is 1. The Morgan fingerprint density at radius 1 is 1.32 bits per heavy atom. The van der Waals surface area contributed by atoms with Crippen molar-refractivity contribution in [1.82, 2.24) is 4.57 Å². The molecule has 0 bridgehead atoms. The third-order valence-corrected chi connectivity index (χ3v) is 6.89. The minimum atomic E-state index is -0.558. The molecule has 1 aromatic carbocycles. The van der Waals surface area contributed by atoms with Gasteiger partial charge in [-0.15, -0.1) is 11.3 Å². The first kappa shape index (κ1) is 21.7. The SMILES string of the molecule is CC1=C(C(=O)OCC(C)C)[C@H](c2cccs2)n2c(s/c(=C/c3cccc(Cl)c3)c2=O)=N1. The maximum Gasteiger partial charge on any atom is 0.338 e. The van der Waals surface area contributed by atoms with Crippen LogP contribution in [-0.2, 0) is 9.53 Å². The lowest BCUT2D eigenvalue weighted by molar-refractivity contribution is -0.140. The van der Waals surface area contributed by atoms with Crippen LogP contribution in [0.1, 0.15) is 37.3 Å². The van der Waals surface area contributed by atoms with Crippen LogP contribution >= 0.6 is 34.3 Å². The average Bonchev–Trinajstić information content (AvgIpc) is 3.34. The molecule has 0 saturated heterocycles. The molecule has 4 rings (SSSR count). The van der Waals surface area contributed by atoms with E-state index in [1.165, 1.54) is 22.7 Å². The van der Waals surface area contributed by atoms with Crippen molar-refractivity contribution >= 4 is 46.3 Å². The van der Waals surface area contributed by atoms with Crippen LogP contribution in [0.5, 0.6) is 0 Å². The fraction of sp³-hybridized carbons (Fsp3) is 0.261. The van der Waals surface area contributed by atoms with Gasteiger partial charge in [0.15, 0.2) is 4.80 Å². The molecule has 0 saturated carbocycles. The first-order valence-corrected chi connectivity index (χ1v) is 11.9. The van der Waals surface area contributed by atoms with Crippen molar-refractivity contribution in [2.75, 3.05) is 6.61 Å². The Bertz CT molecular complexity index is 1330. The van der Waals surface area contributed by atoms with Crippen LogP contribution in [0.15, 0.2) is 62.8 Å². The molecule has 0 N–H and O–H groups in total. The molecule has 0 amide bonds. The summed E-state index contributed by atoms with van der Waals surface area (Å²) in [4.78, 5) is 32.5. The van der Waals surface area contributed by atoms with E-state index in [9.17, 15) is 9.59 Å². The second-order valence-electron chi connectivity index (χ2n) is 7.64. The van der Waals surface area contributed by atoms with Crippen LogP contribution in [0.2, 0.25) is 5.02 Å². The van der Waals surface area contributed by atoms with Gasteiger partial charge in [0, 0.05) is 9.90 Å².